The lowest BCUT2D eigenvalue weighted by Crippen LogP contribution is -2.46. The van der Waals surface area contributed by atoms with Crippen molar-refractivity contribution in [3.05, 3.63) is 27.3 Å². The summed E-state index contributed by atoms with van der Waals surface area (Å²) >= 11 is 2.06. The third kappa shape index (κ3) is 2.65. The lowest BCUT2D eigenvalue weighted by molar-refractivity contribution is 0.0711. The van der Waals surface area contributed by atoms with Crippen molar-refractivity contribution in [3.63, 3.8) is 0 Å². The van der Waals surface area contributed by atoms with Crippen LogP contribution in [0.4, 0.5) is 0 Å². The number of likely N-dealkylation sites (tertiary alicyclic amines) is 1. The topological polar surface area (TPSA) is 52.6 Å². The van der Waals surface area contributed by atoms with Gasteiger partial charge < -0.3 is 15.3 Å². The number of hydrogen-bond acceptors (Lipinski definition) is 3. The zero-order valence-electron chi connectivity index (χ0n) is 11.3. The van der Waals surface area contributed by atoms with E-state index in [2.05, 4.69) is 27.9 Å². The molecule has 2 aliphatic rings. The van der Waals surface area contributed by atoms with Gasteiger partial charge in [-0.1, -0.05) is 0 Å². The Balaban J connectivity index is 1.79. The molecule has 3 rings (SSSR count). The molecule has 0 aromatic heterocycles. The average molecular weight is 386 g/mol. The molecule has 0 spiro atoms. The maximum Gasteiger partial charge on any atom is 0.254 e. The number of halogens is 1. The van der Waals surface area contributed by atoms with Gasteiger partial charge in [-0.2, -0.15) is 0 Å². The number of phenols is 1. The van der Waals surface area contributed by atoms with Crippen LogP contribution in [-0.4, -0.2) is 41.1 Å². The fraction of sp³-hybridized carbons (Fsp3) is 0.533. The average Bonchev–Trinajstić information content (AvgIpc) is 3.10. The highest BCUT2D eigenvalue weighted by Crippen LogP contribution is 2.28. The van der Waals surface area contributed by atoms with Crippen LogP contribution in [0.15, 0.2) is 18.2 Å². The molecule has 20 heavy (non-hydrogen) atoms. The van der Waals surface area contributed by atoms with E-state index in [0.717, 1.165) is 35.9 Å². The van der Waals surface area contributed by atoms with Gasteiger partial charge >= 0.3 is 0 Å². The first-order valence-electron chi connectivity index (χ1n) is 7.19. The minimum Gasteiger partial charge on any atom is -0.507 e. The van der Waals surface area contributed by atoms with Gasteiger partial charge in [-0.3, -0.25) is 4.79 Å². The van der Waals surface area contributed by atoms with Gasteiger partial charge in [-0.15, -0.1) is 0 Å². The Kier molecular flexibility index (Phi) is 4.16. The highest BCUT2D eigenvalue weighted by Gasteiger charge is 2.36. The number of phenolic OH excluding ortho intramolecular Hbond substituents is 1. The van der Waals surface area contributed by atoms with Crippen molar-refractivity contribution in [1.29, 1.82) is 0 Å². The molecule has 2 saturated heterocycles. The zero-order valence-corrected chi connectivity index (χ0v) is 13.5. The number of nitrogens with one attached hydrogen (secondary N) is 1. The van der Waals surface area contributed by atoms with Gasteiger partial charge in [0.15, 0.2) is 0 Å². The highest BCUT2D eigenvalue weighted by molar-refractivity contribution is 14.1. The molecule has 0 bridgehead atoms. The summed E-state index contributed by atoms with van der Waals surface area (Å²) in [6.07, 6.45) is 4.52. The van der Waals surface area contributed by atoms with Crippen molar-refractivity contribution in [3.8, 4) is 5.75 Å². The Bertz CT molecular complexity index is 515. The van der Waals surface area contributed by atoms with Gasteiger partial charge in [0.25, 0.3) is 5.91 Å². The van der Waals surface area contributed by atoms with Gasteiger partial charge in [-0.25, -0.2) is 0 Å². The molecule has 1 amide bonds. The first-order valence-corrected chi connectivity index (χ1v) is 8.27. The van der Waals surface area contributed by atoms with E-state index in [1.54, 1.807) is 18.2 Å². The Hall–Kier alpha value is -0.820. The summed E-state index contributed by atoms with van der Waals surface area (Å²) in [5, 5.41) is 13.3. The number of rotatable bonds is 2. The first-order chi connectivity index (χ1) is 9.66. The summed E-state index contributed by atoms with van der Waals surface area (Å²) < 4.78 is 0.773. The quantitative estimate of drug-likeness (QED) is 0.768. The van der Waals surface area contributed by atoms with Crippen LogP contribution in [0.2, 0.25) is 0 Å². The van der Waals surface area contributed by atoms with E-state index in [-0.39, 0.29) is 11.7 Å². The van der Waals surface area contributed by atoms with Crippen LogP contribution in [0, 0.1) is 3.57 Å². The molecule has 0 aliphatic carbocycles. The summed E-state index contributed by atoms with van der Waals surface area (Å²) in [4.78, 5) is 14.7. The number of aromatic hydroxyl groups is 1. The van der Waals surface area contributed by atoms with Gasteiger partial charge in [0, 0.05) is 24.2 Å². The molecule has 2 unspecified atom stereocenters. The standard InChI is InChI=1S/C15H19IN2O2/c16-11-6-5-10(9-14(11)19)15(20)18-8-2-4-13(18)12-3-1-7-17-12/h5-6,9,12-13,17,19H,1-4,7-8H2. The van der Waals surface area contributed by atoms with Crippen LogP contribution in [-0.2, 0) is 0 Å². The van der Waals surface area contributed by atoms with Gasteiger partial charge in [0.2, 0.25) is 0 Å². The summed E-state index contributed by atoms with van der Waals surface area (Å²) in [6, 6.07) is 5.94. The lowest BCUT2D eigenvalue weighted by atomic mass is 10.0. The SMILES string of the molecule is O=C(c1ccc(I)c(O)c1)N1CCCC1C1CCCN1. The van der Waals surface area contributed by atoms with Crippen molar-refractivity contribution in [2.45, 2.75) is 37.8 Å². The fourth-order valence-electron chi connectivity index (χ4n) is 3.31. The molecule has 2 N–H and O–H groups in total. The Labute approximate surface area is 132 Å². The van der Waals surface area contributed by atoms with Gasteiger partial charge in [-0.05, 0) is 73.0 Å². The molecule has 2 fully saturated rings. The second-order valence-electron chi connectivity index (χ2n) is 5.58. The molecule has 2 atom stereocenters. The predicted octanol–water partition coefficient (Wildman–Crippen LogP) is 2.35. The number of benzene rings is 1. The molecule has 1 aromatic carbocycles. The Morgan fingerprint density at radius 1 is 1.35 bits per heavy atom. The monoisotopic (exact) mass is 386 g/mol. The minimum atomic E-state index is 0.0490. The maximum atomic E-state index is 12.7. The Morgan fingerprint density at radius 2 is 2.20 bits per heavy atom. The van der Waals surface area contributed by atoms with E-state index in [0.29, 0.717) is 17.6 Å². The molecule has 0 saturated carbocycles. The zero-order chi connectivity index (χ0) is 14.1. The van der Waals surface area contributed by atoms with Crippen LogP contribution in [0.3, 0.4) is 0 Å². The number of carbonyl (C=O) groups excluding carboxylic acids is 1. The van der Waals surface area contributed by atoms with Crippen LogP contribution in [0.1, 0.15) is 36.0 Å². The molecule has 2 aliphatic heterocycles. The van der Waals surface area contributed by atoms with E-state index in [1.807, 2.05) is 4.90 Å². The molecule has 2 heterocycles. The van der Waals surface area contributed by atoms with E-state index in [4.69, 9.17) is 0 Å². The molecular formula is C15H19IN2O2. The first kappa shape index (κ1) is 14.1. The normalized spacial score (nSPS) is 26.1. The minimum absolute atomic E-state index is 0.0490. The summed E-state index contributed by atoms with van der Waals surface area (Å²) in [7, 11) is 0. The molecule has 5 heteroatoms. The Morgan fingerprint density at radius 3 is 2.90 bits per heavy atom. The molecule has 1 aromatic rings. The highest BCUT2D eigenvalue weighted by atomic mass is 127. The number of amides is 1. The molecule has 0 radical (unpaired) electrons. The van der Waals surface area contributed by atoms with Gasteiger partial charge in [0.1, 0.15) is 5.75 Å². The largest absolute Gasteiger partial charge is 0.507 e. The lowest BCUT2D eigenvalue weighted by Gasteiger charge is -2.29. The maximum absolute atomic E-state index is 12.7. The number of nitrogens with zero attached hydrogens (tertiary/aromatic N) is 1. The second-order valence-corrected chi connectivity index (χ2v) is 6.74. The van der Waals surface area contributed by atoms with Crippen molar-refractivity contribution in [1.82, 2.24) is 10.2 Å². The second kappa shape index (κ2) is 5.89. The van der Waals surface area contributed by atoms with E-state index in [1.165, 1.54) is 6.42 Å². The van der Waals surface area contributed by atoms with E-state index < -0.39 is 0 Å². The summed E-state index contributed by atoms with van der Waals surface area (Å²) in [6.45, 7) is 1.89. The van der Waals surface area contributed by atoms with Crippen molar-refractivity contribution in [2.24, 2.45) is 0 Å². The van der Waals surface area contributed by atoms with Crippen molar-refractivity contribution < 1.29 is 9.90 Å². The summed E-state index contributed by atoms with van der Waals surface area (Å²) in [5.74, 6) is 0.235. The molecular weight excluding hydrogens is 367 g/mol. The van der Waals surface area contributed by atoms with E-state index in [9.17, 15) is 9.90 Å². The number of hydrogen-bond donors (Lipinski definition) is 2. The summed E-state index contributed by atoms with van der Waals surface area (Å²) in [5.41, 5.74) is 0.591. The number of carbonyl (C=O) groups is 1. The van der Waals surface area contributed by atoms with Gasteiger partial charge in [0.05, 0.1) is 3.57 Å². The predicted molar refractivity (Wildman–Crippen MR) is 85.9 cm³/mol. The van der Waals surface area contributed by atoms with Crippen LogP contribution >= 0.6 is 22.6 Å². The smallest absolute Gasteiger partial charge is 0.254 e. The van der Waals surface area contributed by atoms with E-state index >= 15 is 0 Å². The van der Waals surface area contributed by atoms with Crippen molar-refractivity contribution >= 4 is 28.5 Å². The molecule has 108 valence electrons. The van der Waals surface area contributed by atoms with Crippen LogP contribution in [0.25, 0.3) is 0 Å². The van der Waals surface area contributed by atoms with Crippen LogP contribution in [0.5, 0.6) is 5.75 Å². The third-order valence-electron chi connectivity index (χ3n) is 4.32. The van der Waals surface area contributed by atoms with Crippen LogP contribution < -0.4 is 5.32 Å². The third-order valence-corrected chi connectivity index (χ3v) is 5.23. The fourth-order valence-corrected chi connectivity index (χ4v) is 3.65. The molecule has 4 nitrogen and oxygen atoms in total. The van der Waals surface area contributed by atoms with Crippen molar-refractivity contribution in [2.75, 3.05) is 13.1 Å².